The van der Waals surface area contributed by atoms with Crippen LogP contribution in [0.15, 0.2) is 71.6 Å². The van der Waals surface area contributed by atoms with Crippen molar-refractivity contribution in [3.05, 3.63) is 87.4 Å². The summed E-state index contributed by atoms with van der Waals surface area (Å²) in [4.78, 5) is 29.4. The Morgan fingerprint density at radius 2 is 1.59 bits per heavy atom. The molecule has 236 valence electrons. The van der Waals surface area contributed by atoms with E-state index in [1.807, 2.05) is 0 Å². The molecule has 1 N–H and O–H groups in total. The second kappa shape index (κ2) is 15.3. The average molecular weight is 681 g/mol. The number of rotatable bonds is 12. The first-order valence-electron chi connectivity index (χ1n) is 14.5. The standard InChI is InChI=1S/C32H36Cl3N3O5S/c1-3-29(32(40)36-22-11-6-4-7-12-22)37(20-25-26(33)15-10-16-27(25)34)31(39)21-38(23-17-18-30(43-2)28(35)19-23)44(41,42)24-13-8-5-9-14-24/h5,8-10,13-19,22,29H,3-4,6-7,11-12,20-21H2,1-2H3,(H,36,40). The SMILES string of the molecule is CCC(C(=O)NC1CCCCC1)N(Cc1c(Cl)cccc1Cl)C(=O)CN(c1ccc(OC)c(Cl)c1)S(=O)(=O)c1ccccc1. The van der Waals surface area contributed by atoms with Gasteiger partial charge in [0.1, 0.15) is 18.3 Å². The van der Waals surface area contributed by atoms with Gasteiger partial charge in [0.25, 0.3) is 10.0 Å². The molecule has 0 aliphatic heterocycles. The highest BCUT2D eigenvalue weighted by Gasteiger charge is 2.35. The second-order valence-electron chi connectivity index (χ2n) is 10.6. The van der Waals surface area contributed by atoms with Crippen molar-refractivity contribution < 1.29 is 22.7 Å². The van der Waals surface area contributed by atoms with E-state index in [0.717, 1.165) is 36.4 Å². The smallest absolute Gasteiger partial charge is 0.264 e. The van der Waals surface area contributed by atoms with E-state index < -0.39 is 28.5 Å². The Balaban J connectivity index is 1.75. The van der Waals surface area contributed by atoms with Crippen molar-refractivity contribution in [2.24, 2.45) is 0 Å². The molecule has 1 atom stereocenters. The molecule has 0 saturated heterocycles. The molecule has 1 saturated carbocycles. The van der Waals surface area contributed by atoms with Crippen molar-refractivity contribution in [1.82, 2.24) is 10.2 Å². The molecule has 1 fully saturated rings. The van der Waals surface area contributed by atoms with Gasteiger partial charge in [-0.15, -0.1) is 0 Å². The van der Waals surface area contributed by atoms with E-state index in [1.165, 1.54) is 42.3 Å². The minimum Gasteiger partial charge on any atom is -0.495 e. The van der Waals surface area contributed by atoms with Gasteiger partial charge in [0.05, 0.1) is 22.7 Å². The maximum Gasteiger partial charge on any atom is 0.264 e. The van der Waals surface area contributed by atoms with E-state index in [-0.39, 0.29) is 40.5 Å². The number of ether oxygens (including phenoxy) is 1. The van der Waals surface area contributed by atoms with Crippen LogP contribution in [-0.2, 0) is 26.2 Å². The molecular formula is C32H36Cl3N3O5S. The molecule has 3 aromatic carbocycles. The van der Waals surface area contributed by atoms with E-state index in [1.54, 1.807) is 43.3 Å². The van der Waals surface area contributed by atoms with Gasteiger partial charge in [-0.1, -0.05) is 85.3 Å². The van der Waals surface area contributed by atoms with Crippen molar-refractivity contribution >= 4 is 62.3 Å². The Morgan fingerprint density at radius 3 is 2.18 bits per heavy atom. The fraction of sp³-hybridized carbons (Fsp3) is 0.375. The zero-order valence-corrected chi connectivity index (χ0v) is 27.7. The highest BCUT2D eigenvalue weighted by Crippen LogP contribution is 2.33. The average Bonchev–Trinajstić information content (AvgIpc) is 3.01. The molecule has 1 aliphatic carbocycles. The van der Waals surface area contributed by atoms with Crippen LogP contribution in [0.2, 0.25) is 15.1 Å². The van der Waals surface area contributed by atoms with Crippen molar-refractivity contribution in [2.45, 2.75) is 69.0 Å². The summed E-state index contributed by atoms with van der Waals surface area (Å²) in [6, 6.07) is 16.4. The number of halogens is 3. The summed E-state index contributed by atoms with van der Waals surface area (Å²) in [5, 5.41) is 3.94. The number of methoxy groups -OCH3 is 1. The van der Waals surface area contributed by atoms with E-state index in [0.29, 0.717) is 21.4 Å². The summed E-state index contributed by atoms with van der Waals surface area (Å²) < 4.78 is 34.3. The molecule has 4 rings (SSSR count). The fourth-order valence-electron chi connectivity index (χ4n) is 5.38. The Hall–Kier alpha value is -2.98. The summed E-state index contributed by atoms with van der Waals surface area (Å²) in [5.41, 5.74) is 0.612. The minimum absolute atomic E-state index is 0.0116. The lowest BCUT2D eigenvalue weighted by Gasteiger charge is -2.35. The number of hydrogen-bond acceptors (Lipinski definition) is 5. The van der Waals surface area contributed by atoms with E-state index >= 15 is 0 Å². The third-order valence-corrected chi connectivity index (χ3v) is 10.6. The predicted octanol–water partition coefficient (Wildman–Crippen LogP) is 7.11. The fourth-order valence-corrected chi connectivity index (χ4v) is 7.57. The number of hydrogen-bond donors (Lipinski definition) is 1. The lowest BCUT2D eigenvalue weighted by atomic mass is 9.95. The minimum atomic E-state index is -4.25. The van der Waals surface area contributed by atoms with Gasteiger partial charge in [-0.25, -0.2) is 8.42 Å². The normalized spacial score (nSPS) is 14.5. The number of nitrogens with zero attached hydrogens (tertiary/aromatic N) is 2. The lowest BCUT2D eigenvalue weighted by Crippen LogP contribution is -2.54. The number of nitrogens with one attached hydrogen (secondary N) is 1. The van der Waals surface area contributed by atoms with E-state index in [9.17, 15) is 18.0 Å². The predicted molar refractivity (Wildman–Crippen MR) is 175 cm³/mol. The largest absolute Gasteiger partial charge is 0.495 e. The van der Waals surface area contributed by atoms with Crippen LogP contribution in [0.4, 0.5) is 5.69 Å². The summed E-state index contributed by atoms with van der Waals surface area (Å²) >= 11 is 19.4. The molecular weight excluding hydrogens is 645 g/mol. The third-order valence-electron chi connectivity index (χ3n) is 7.76. The van der Waals surface area contributed by atoms with Crippen LogP contribution in [0.3, 0.4) is 0 Å². The van der Waals surface area contributed by atoms with Gasteiger partial charge in [-0.05, 0) is 61.7 Å². The van der Waals surface area contributed by atoms with Crippen LogP contribution >= 0.6 is 34.8 Å². The second-order valence-corrected chi connectivity index (χ2v) is 13.7. The lowest BCUT2D eigenvalue weighted by molar-refractivity contribution is -0.140. The molecule has 0 spiro atoms. The highest BCUT2D eigenvalue weighted by molar-refractivity contribution is 7.92. The van der Waals surface area contributed by atoms with Crippen molar-refractivity contribution in [3.8, 4) is 5.75 Å². The first-order valence-corrected chi connectivity index (χ1v) is 17.1. The van der Waals surface area contributed by atoms with E-state index in [4.69, 9.17) is 39.5 Å². The van der Waals surface area contributed by atoms with Gasteiger partial charge in [0.15, 0.2) is 0 Å². The topological polar surface area (TPSA) is 96.0 Å². The molecule has 1 aliphatic rings. The summed E-state index contributed by atoms with van der Waals surface area (Å²) in [5.74, 6) is -0.571. The van der Waals surface area contributed by atoms with Crippen molar-refractivity contribution in [1.29, 1.82) is 0 Å². The number of carbonyl (C=O) groups is 2. The number of benzene rings is 3. The van der Waals surface area contributed by atoms with E-state index in [2.05, 4.69) is 5.32 Å². The quantitative estimate of drug-likeness (QED) is 0.220. The first-order chi connectivity index (χ1) is 21.1. The van der Waals surface area contributed by atoms with Crippen LogP contribution in [-0.4, -0.2) is 50.9 Å². The Bertz CT molecular complexity index is 1550. The van der Waals surface area contributed by atoms with Gasteiger partial charge < -0.3 is 15.0 Å². The van der Waals surface area contributed by atoms with Crippen LogP contribution in [0.25, 0.3) is 0 Å². The molecule has 2 amide bonds. The number of anilines is 1. The van der Waals surface area contributed by atoms with Gasteiger partial charge in [-0.3, -0.25) is 13.9 Å². The van der Waals surface area contributed by atoms with Crippen molar-refractivity contribution in [3.63, 3.8) is 0 Å². The monoisotopic (exact) mass is 679 g/mol. The molecule has 0 bridgehead atoms. The summed E-state index contributed by atoms with van der Waals surface area (Å²) in [6.07, 6.45) is 5.20. The van der Waals surface area contributed by atoms with Crippen molar-refractivity contribution in [2.75, 3.05) is 18.0 Å². The highest BCUT2D eigenvalue weighted by atomic mass is 35.5. The summed E-state index contributed by atoms with van der Waals surface area (Å²) in [6.45, 7) is 1.09. The van der Waals surface area contributed by atoms with Crippen LogP contribution < -0.4 is 14.4 Å². The molecule has 0 radical (unpaired) electrons. The molecule has 44 heavy (non-hydrogen) atoms. The Labute approximate surface area is 274 Å². The molecule has 1 unspecified atom stereocenters. The Kier molecular flexibility index (Phi) is 11.8. The van der Waals surface area contributed by atoms with Crippen LogP contribution in [0, 0.1) is 0 Å². The van der Waals surface area contributed by atoms with Gasteiger partial charge >= 0.3 is 0 Å². The maximum atomic E-state index is 14.3. The Morgan fingerprint density at radius 1 is 0.932 bits per heavy atom. The number of sulfonamides is 1. The summed E-state index contributed by atoms with van der Waals surface area (Å²) in [7, 11) is -2.80. The molecule has 3 aromatic rings. The number of carbonyl (C=O) groups excluding carboxylic acids is 2. The maximum absolute atomic E-state index is 14.3. The molecule has 0 heterocycles. The van der Waals surface area contributed by atoms with Gasteiger partial charge in [-0.2, -0.15) is 0 Å². The first kappa shape index (κ1) is 33.9. The molecule has 12 heteroatoms. The molecule has 0 aromatic heterocycles. The zero-order valence-electron chi connectivity index (χ0n) is 24.6. The molecule has 8 nitrogen and oxygen atoms in total. The van der Waals surface area contributed by atoms with Crippen LogP contribution in [0.1, 0.15) is 51.0 Å². The van der Waals surface area contributed by atoms with Gasteiger partial charge in [0.2, 0.25) is 11.8 Å². The number of amides is 2. The third kappa shape index (κ3) is 7.99. The van der Waals surface area contributed by atoms with Gasteiger partial charge in [0, 0.05) is 28.2 Å². The zero-order chi connectivity index (χ0) is 31.9. The van der Waals surface area contributed by atoms with Crippen LogP contribution in [0.5, 0.6) is 5.75 Å².